The van der Waals surface area contributed by atoms with Crippen molar-refractivity contribution in [3.8, 4) is 0 Å². The van der Waals surface area contributed by atoms with Gasteiger partial charge in [0.15, 0.2) is 17.3 Å². The minimum atomic E-state index is -0.561. The van der Waals surface area contributed by atoms with Crippen LogP contribution in [0.3, 0.4) is 0 Å². The van der Waals surface area contributed by atoms with Gasteiger partial charge < -0.3 is 15.5 Å². The Morgan fingerprint density at radius 3 is 2.95 bits per heavy atom. The first-order valence-electron chi connectivity index (χ1n) is 5.91. The Morgan fingerprint density at radius 1 is 1.48 bits per heavy atom. The van der Waals surface area contributed by atoms with E-state index in [-0.39, 0.29) is 12.4 Å². The van der Waals surface area contributed by atoms with Crippen LogP contribution in [-0.2, 0) is 13.6 Å². The first kappa shape index (κ1) is 12.9. The molecule has 11 heteroatoms. The number of hydrogen-bond donors (Lipinski definition) is 2. The van der Waals surface area contributed by atoms with E-state index < -0.39 is 4.92 Å². The van der Waals surface area contributed by atoms with Crippen molar-refractivity contribution in [3.05, 3.63) is 34.4 Å². The predicted molar refractivity (Wildman–Crippen MR) is 72.1 cm³/mol. The molecule has 0 unspecified atom stereocenters. The van der Waals surface area contributed by atoms with Crippen molar-refractivity contribution in [2.24, 2.45) is 12.9 Å². The summed E-state index contributed by atoms with van der Waals surface area (Å²) in [4.78, 5) is 18.7. The molecule has 3 heterocycles. The Bertz CT molecular complexity index is 821. The quantitative estimate of drug-likeness (QED) is 0.382. The minimum Gasteiger partial charge on any atom is -0.358 e. The van der Waals surface area contributed by atoms with E-state index >= 15 is 0 Å². The molecule has 0 saturated carbocycles. The first-order chi connectivity index (χ1) is 10.1. The van der Waals surface area contributed by atoms with Gasteiger partial charge in [-0.2, -0.15) is 9.78 Å². The van der Waals surface area contributed by atoms with Crippen LogP contribution >= 0.6 is 0 Å². The van der Waals surface area contributed by atoms with E-state index in [1.807, 2.05) is 0 Å². The summed E-state index contributed by atoms with van der Waals surface area (Å²) in [5.74, 6) is 6.06. The highest BCUT2D eigenvalue weighted by atomic mass is 16.6. The molecule has 0 aliphatic carbocycles. The van der Waals surface area contributed by atoms with Gasteiger partial charge >= 0.3 is 5.82 Å². The number of rotatable bonds is 4. The minimum absolute atomic E-state index is 0.184. The summed E-state index contributed by atoms with van der Waals surface area (Å²) in [6.07, 6.45) is 3.09. The van der Waals surface area contributed by atoms with Crippen LogP contribution in [0.5, 0.6) is 0 Å². The summed E-state index contributed by atoms with van der Waals surface area (Å²) in [5, 5.41) is 19.2. The molecule has 0 aliphatic heterocycles. The van der Waals surface area contributed by atoms with Crippen LogP contribution in [0.15, 0.2) is 18.5 Å². The molecule has 0 bridgehead atoms. The number of fused-ring (bicyclic) bond motifs is 1. The van der Waals surface area contributed by atoms with E-state index in [0.29, 0.717) is 22.7 Å². The van der Waals surface area contributed by atoms with Gasteiger partial charge in [0.25, 0.3) is 0 Å². The third-order valence-corrected chi connectivity index (χ3v) is 2.89. The number of aromatic nitrogens is 6. The highest BCUT2D eigenvalue weighted by molar-refractivity contribution is 5.86. The summed E-state index contributed by atoms with van der Waals surface area (Å²) in [5.41, 5.74) is 3.10. The number of hydrazine groups is 1. The zero-order valence-electron chi connectivity index (χ0n) is 11.0. The molecule has 0 radical (unpaired) electrons. The van der Waals surface area contributed by atoms with Crippen LogP contribution in [0, 0.1) is 10.1 Å². The summed E-state index contributed by atoms with van der Waals surface area (Å²) >= 11 is 0. The van der Waals surface area contributed by atoms with Crippen molar-refractivity contribution in [2.75, 3.05) is 5.43 Å². The number of nitrogens with zero attached hydrogens (tertiary/aromatic N) is 7. The smallest absolute Gasteiger partial charge is 0.358 e. The lowest BCUT2D eigenvalue weighted by molar-refractivity contribution is -0.389. The van der Waals surface area contributed by atoms with Crippen LogP contribution in [0.4, 0.5) is 11.6 Å². The topological polar surface area (TPSA) is 143 Å². The van der Waals surface area contributed by atoms with E-state index in [9.17, 15) is 10.1 Å². The number of nitrogen functional groups attached to an aromatic ring is 1. The molecule has 108 valence electrons. The molecule has 3 aromatic rings. The first-order valence-corrected chi connectivity index (χ1v) is 5.91. The van der Waals surface area contributed by atoms with Crippen molar-refractivity contribution < 1.29 is 4.92 Å². The zero-order chi connectivity index (χ0) is 15.0. The third kappa shape index (κ3) is 2.25. The van der Waals surface area contributed by atoms with Crippen molar-refractivity contribution >= 4 is 22.7 Å². The number of nitro groups is 1. The molecule has 3 aromatic heterocycles. The van der Waals surface area contributed by atoms with Crippen molar-refractivity contribution in [1.29, 1.82) is 0 Å². The maximum Gasteiger partial charge on any atom is 0.389 e. The molecular weight excluding hydrogens is 278 g/mol. The number of anilines is 1. The normalized spacial score (nSPS) is 11.0. The average molecular weight is 289 g/mol. The number of aryl methyl sites for hydroxylation is 1. The highest BCUT2D eigenvalue weighted by Gasteiger charge is 2.15. The summed E-state index contributed by atoms with van der Waals surface area (Å²) in [7, 11) is 1.75. The van der Waals surface area contributed by atoms with Gasteiger partial charge in [-0.3, -0.25) is 4.68 Å². The lowest BCUT2D eigenvalue weighted by Gasteiger charge is -2.04. The Morgan fingerprint density at radius 2 is 2.29 bits per heavy atom. The molecule has 0 fully saturated rings. The maximum absolute atomic E-state index is 10.6. The Labute approximate surface area is 117 Å². The predicted octanol–water partition coefficient (Wildman–Crippen LogP) is -0.198. The van der Waals surface area contributed by atoms with Crippen LogP contribution in [0.1, 0.15) is 5.82 Å². The van der Waals surface area contributed by atoms with Gasteiger partial charge in [-0.05, 0) is 4.92 Å². The van der Waals surface area contributed by atoms with Crippen LogP contribution in [0.25, 0.3) is 11.0 Å². The molecule has 0 aliphatic rings. The van der Waals surface area contributed by atoms with Crippen LogP contribution < -0.4 is 11.3 Å². The molecular formula is C10H11N9O2. The fourth-order valence-corrected chi connectivity index (χ4v) is 1.93. The molecule has 0 amide bonds. The lowest BCUT2D eigenvalue weighted by atomic mass is 10.4. The third-order valence-electron chi connectivity index (χ3n) is 2.89. The molecule has 3 N–H and O–H groups in total. The SMILES string of the molecule is Cn1ncc2c(NN)nc(Cn3ccc([N+](=O)[O-])n3)nc21. The molecule has 21 heavy (non-hydrogen) atoms. The molecule has 0 spiro atoms. The van der Waals surface area contributed by atoms with E-state index in [0.717, 1.165) is 0 Å². The lowest BCUT2D eigenvalue weighted by Crippen LogP contribution is -2.13. The van der Waals surface area contributed by atoms with Crippen LogP contribution in [-0.4, -0.2) is 34.5 Å². The van der Waals surface area contributed by atoms with Crippen molar-refractivity contribution in [2.45, 2.75) is 6.54 Å². The average Bonchev–Trinajstić information content (AvgIpc) is 3.06. The molecule has 3 rings (SSSR count). The van der Waals surface area contributed by atoms with E-state index in [4.69, 9.17) is 5.84 Å². The summed E-state index contributed by atoms with van der Waals surface area (Å²) in [6.45, 7) is 0.184. The Balaban J connectivity index is 1.99. The van der Waals surface area contributed by atoms with E-state index in [1.165, 1.54) is 16.9 Å². The largest absolute Gasteiger partial charge is 0.389 e. The highest BCUT2D eigenvalue weighted by Crippen LogP contribution is 2.19. The molecule has 0 aromatic carbocycles. The van der Waals surface area contributed by atoms with Crippen LogP contribution in [0.2, 0.25) is 0 Å². The Kier molecular flexibility index (Phi) is 2.95. The van der Waals surface area contributed by atoms with Gasteiger partial charge in [0, 0.05) is 7.05 Å². The van der Waals surface area contributed by atoms with Gasteiger partial charge in [-0.1, -0.05) is 0 Å². The van der Waals surface area contributed by atoms with E-state index in [2.05, 4.69) is 25.6 Å². The fraction of sp³-hybridized carbons (Fsp3) is 0.200. The summed E-state index contributed by atoms with van der Waals surface area (Å²) in [6, 6.07) is 1.31. The zero-order valence-corrected chi connectivity index (χ0v) is 11.0. The monoisotopic (exact) mass is 289 g/mol. The molecule has 0 atom stereocenters. The number of nitrogens with one attached hydrogen (secondary N) is 1. The number of hydrogen-bond acceptors (Lipinski definition) is 8. The van der Waals surface area contributed by atoms with E-state index in [1.54, 1.807) is 17.9 Å². The van der Waals surface area contributed by atoms with Crippen molar-refractivity contribution in [1.82, 2.24) is 29.5 Å². The second-order valence-electron chi connectivity index (χ2n) is 4.27. The van der Waals surface area contributed by atoms with Crippen molar-refractivity contribution in [3.63, 3.8) is 0 Å². The standard InChI is InChI=1S/C10H11N9O2/c1-17-10-6(4-12-17)9(15-11)13-7(14-10)5-18-3-2-8(16-18)19(20)21/h2-4H,5,11H2,1H3,(H,13,14,15). The number of nitrogens with two attached hydrogens (primary N) is 1. The Hall–Kier alpha value is -3.08. The summed E-state index contributed by atoms with van der Waals surface area (Å²) < 4.78 is 2.98. The second-order valence-corrected chi connectivity index (χ2v) is 4.27. The van der Waals surface area contributed by atoms with Gasteiger partial charge in [0.1, 0.15) is 6.54 Å². The molecule has 0 saturated heterocycles. The van der Waals surface area contributed by atoms with Gasteiger partial charge in [-0.25, -0.2) is 15.8 Å². The fourth-order valence-electron chi connectivity index (χ4n) is 1.93. The van der Waals surface area contributed by atoms with Gasteiger partial charge in [0.05, 0.1) is 28.9 Å². The van der Waals surface area contributed by atoms with Gasteiger partial charge in [0.2, 0.25) is 0 Å². The maximum atomic E-state index is 10.6. The van der Waals surface area contributed by atoms with Gasteiger partial charge in [-0.15, -0.1) is 0 Å². The molecule has 11 nitrogen and oxygen atoms in total. The second kappa shape index (κ2) is 4.79.